The molecule has 3 heterocycles. The number of pyridine rings is 1. The average molecular weight is 306 g/mol. The molecule has 1 unspecified atom stereocenters. The van der Waals surface area contributed by atoms with E-state index in [0.29, 0.717) is 18.1 Å². The first-order valence-electron chi connectivity index (χ1n) is 7.02. The van der Waals surface area contributed by atoms with E-state index in [2.05, 4.69) is 9.97 Å². The van der Waals surface area contributed by atoms with Crippen LogP contribution >= 0.6 is 11.3 Å². The van der Waals surface area contributed by atoms with E-state index in [1.807, 2.05) is 24.4 Å². The van der Waals surface area contributed by atoms with Gasteiger partial charge in [0, 0.05) is 17.7 Å². The van der Waals surface area contributed by atoms with Crippen molar-refractivity contribution in [3.63, 3.8) is 0 Å². The second kappa shape index (κ2) is 6.51. The van der Waals surface area contributed by atoms with Gasteiger partial charge in [-0.25, -0.2) is 4.98 Å². The van der Waals surface area contributed by atoms with Gasteiger partial charge in [0.1, 0.15) is 29.2 Å². The quantitative estimate of drug-likeness (QED) is 0.920. The molecule has 1 aliphatic rings. The first kappa shape index (κ1) is 14.4. The summed E-state index contributed by atoms with van der Waals surface area (Å²) < 4.78 is 11.4. The maximum absolute atomic E-state index is 9.32. The fourth-order valence-electron chi connectivity index (χ4n) is 2.30. The van der Waals surface area contributed by atoms with Crippen molar-refractivity contribution in [1.82, 2.24) is 9.97 Å². The first-order valence-corrected chi connectivity index (χ1v) is 7.90. The largest absolute Gasteiger partial charge is 0.485 e. The number of ether oxygens (including phenoxy) is 2. The highest BCUT2D eigenvalue weighted by Crippen LogP contribution is 2.30. The van der Waals surface area contributed by atoms with Crippen molar-refractivity contribution in [1.29, 1.82) is 0 Å². The molecule has 2 aromatic heterocycles. The summed E-state index contributed by atoms with van der Waals surface area (Å²) in [6, 6.07) is 3.70. The molecule has 21 heavy (non-hydrogen) atoms. The monoisotopic (exact) mass is 306 g/mol. The van der Waals surface area contributed by atoms with Crippen LogP contribution in [0.1, 0.15) is 41.0 Å². The minimum absolute atomic E-state index is 0.130. The number of nitrogens with zero attached hydrogens (tertiary/aromatic N) is 2. The number of aliphatic hydroxyl groups excluding tert-OH is 1. The molecule has 0 saturated carbocycles. The Morgan fingerprint density at radius 3 is 3.10 bits per heavy atom. The van der Waals surface area contributed by atoms with Crippen LogP contribution in [-0.2, 0) is 18.0 Å². The maximum Gasteiger partial charge on any atom is 0.143 e. The van der Waals surface area contributed by atoms with Crippen molar-refractivity contribution in [3.05, 3.63) is 39.6 Å². The van der Waals surface area contributed by atoms with Crippen molar-refractivity contribution in [3.8, 4) is 5.75 Å². The Morgan fingerprint density at radius 1 is 1.43 bits per heavy atom. The molecular formula is C15H18N2O3S. The van der Waals surface area contributed by atoms with Gasteiger partial charge in [0.25, 0.3) is 0 Å². The molecule has 3 rings (SSSR count). The van der Waals surface area contributed by atoms with E-state index in [-0.39, 0.29) is 12.7 Å². The molecule has 0 amide bonds. The van der Waals surface area contributed by atoms with E-state index in [1.54, 1.807) is 11.3 Å². The van der Waals surface area contributed by atoms with Crippen molar-refractivity contribution in [2.45, 2.75) is 39.1 Å². The Bertz CT molecular complexity index is 609. The lowest BCUT2D eigenvalue weighted by molar-refractivity contribution is 0.111. The Morgan fingerprint density at radius 2 is 2.33 bits per heavy atom. The Labute approximate surface area is 127 Å². The van der Waals surface area contributed by atoms with E-state index in [4.69, 9.17) is 9.47 Å². The predicted molar refractivity (Wildman–Crippen MR) is 79.3 cm³/mol. The predicted octanol–water partition coefficient (Wildman–Crippen LogP) is 2.77. The molecule has 1 atom stereocenters. The zero-order chi connectivity index (χ0) is 14.7. The third-order valence-electron chi connectivity index (χ3n) is 3.37. The van der Waals surface area contributed by atoms with Gasteiger partial charge < -0.3 is 14.6 Å². The number of hydrogen-bond acceptors (Lipinski definition) is 6. The minimum atomic E-state index is -0.130. The van der Waals surface area contributed by atoms with Crippen LogP contribution in [0.2, 0.25) is 0 Å². The smallest absolute Gasteiger partial charge is 0.143 e. The van der Waals surface area contributed by atoms with Crippen LogP contribution in [0.3, 0.4) is 0 Å². The summed E-state index contributed by atoms with van der Waals surface area (Å²) in [5.74, 6) is 0.606. The molecule has 0 spiro atoms. The number of rotatable bonds is 5. The standard InChI is InChI=1S/C15H18N2O3S/c1-10-4-5-13(12(7-18)16-10)20-8-11-9-21-15(17-11)14-3-2-6-19-14/h4-5,9,14,18H,2-3,6-8H2,1H3. The van der Waals surface area contributed by atoms with Gasteiger partial charge in [-0.3, -0.25) is 4.98 Å². The Kier molecular flexibility index (Phi) is 4.48. The van der Waals surface area contributed by atoms with Gasteiger partial charge in [0.05, 0.1) is 12.3 Å². The van der Waals surface area contributed by atoms with E-state index >= 15 is 0 Å². The van der Waals surface area contributed by atoms with Crippen LogP contribution in [0.5, 0.6) is 5.75 Å². The Balaban J connectivity index is 1.65. The molecule has 2 aromatic rings. The lowest BCUT2D eigenvalue weighted by Crippen LogP contribution is -2.02. The van der Waals surface area contributed by atoms with Crippen LogP contribution in [-0.4, -0.2) is 21.7 Å². The fraction of sp³-hybridized carbons (Fsp3) is 0.467. The molecule has 0 aromatic carbocycles. The number of aliphatic hydroxyl groups is 1. The minimum Gasteiger partial charge on any atom is -0.485 e. The summed E-state index contributed by atoms with van der Waals surface area (Å²) in [6.45, 7) is 2.96. The number of hydrogen-bond donors (Lipinski definition) is 1. The highest BCUT2D eigenvalue weighted by atomic mass is 32.1. The van der Waals surface area contributed by atoms with Crippen molar-refractivity contribution in [2.24, 2.45) is 0 Å². The molecule has 0 radical (unpaired) electrons. The highest BCUT2D eigenvalue weighted by molar-refractivity contribution is 7.09. The molecule has 112 valence electrons. The fourth-order valence-corrected chi connectivity index (χ4v) is 3.19. The van der Waals surface area contributed by atoms with Crippen LogP contribution in [0, 0.1) is 6.92 Å². The zero-order valence-electron chi connectivity index (χ0n) is 11.9. The third-order valence-corrected chi connectivity index (χ3v) is 4.36. The normalized spacial score (nSPS) is 18.1. The molecule has 5 nitrogen and oxygen atoms in total. The summed E-state index contributed by atoms with van der Waals surface area (Å²) in [4.78, 5) is 8.83. The van der Waals surface area contributed by atoms with Gasteiger partial charge in [-0.05, 0) is 31.9 Å². The van der Waals surface area contributed by atoms with E-state index in [9.17, 15) is 5.11 Å². The van der Waals surface area contributed by atoms with Gasteiger partial charge in [-0.15, -0.1) is 11.3 Å². The summed E-state index contributed by atoms with van der Waals surface area (Å²) >= 11 is 1.61. The number of aromatic nitrogens is 2. The molecule has 0 aliphatic carbocycles. The summed E-state index contributed by atoms with van der Waals surface area (Å²) in [5.41, 5.74) is 2.31. The van der Waals surface area contributed by atoms with Crippen LogP contribution in [0.25, 0.3) is 0 Å². The lowest BCUT2D eigenvalue weighted by atomic mass is 10.2. The molecule has 0 bridgehead atoms. The molecule has 1 fully saturated rings. The summed E-state index contributed by atoms with van der Waals surface area (Å²) in [5, 5.41) is 12.3. The van der Waals surface area contributed by atoms with Gasteiger partial charge in [-0.2, -0.15) is 0 Å². The zero-order valence-corrected chi connectivity index (χ0v) is 12.7. The first-order chi connectivity index (χ1) is 10.3. The molecular weight excluding hydrogens is 288 g/mol. The van der Waals surface area contributed by atoms with Crippen LogP contribution in [0.4, 0.5) is 0 Å². The van der Waals surface area contributed by atoms with Crippen LogP contribution in [0.15, 0.2) is 17.5 Å². The van der Waals surface area contributed by atoms with E-state index in [1.165, 1.54) is 0 Å². The highest BCUT2D eigenvalue weighted by Gasteiger charge is 2.21. The van der Waals surface area contributed by atoms with Crippen molar-refractivity contribution in [2.75, 3.05) is 6.61 Å². The van der Waals surface area contributed by atoms with Gasteiger partial charge in [0.2, 0.25) is 0 Å². The lowest BCUT2D eigenvalue weighted by Gasteiger charge is -2.09. The van der Waals surface area contributed by atoms with Crippen molar-refractivity contribution < 1.29 is 14.6 Å². The number of thiazole rings is 1. The van der Waals surface area contributed by atoms with Crippen molar-refractivity contribution >= 4 is 11.3 Å². The third kappa shape index (κ3) is 3.40. The second-order valence-corrected chi connectivity index (χ2v) is 5.91. The van der Waals surface area contributed by atoms with E-state index < -0.39 is 0 Å². The van der Waals surface area contributed by atoms with Gasteiger partial charge in [0.15, 0.2) is 0 Å². The molecule has 1 N–H and O–H groups in total. The molecule has 1 aliphatic heterocycles. The van der Waals surface area contributed by atoms with Gasteiger partial charge >= 0.3 is 0 Å². The Hall–Kier alpha value is -1.50. The average Bonchev–Trinajstić information content (AvgIpc) is 3.16. The number of aryl methyl sites for hydroxylation is 1. The van der Waals surface area contributed by atoms with E-state index in [0.717, 1.165) is 35.8 Å². The maximum atomic E-state index is 9.32. The summed E-state index contributed by atoms with van der Waals surface area (Å²) in [6.07, 6.45) is 2.30. The second-order valence-electron chi connectivity index (χ2n) is 5.02. The topological polar surface area (TPSA) is 64.5 Å². The summed E-state index contributed by atoms with van der Waals surface area (Å²) in [7, 11) is 0. The van der Waals surface area contributed by atoms with Crippen LogP contribution < -0.4 is 4.74 Å². The van der Waals surface area contributed by atoms with Gasteiger partial charge in [-0.1, -0.05) is 0 Å². The molecule has 1 saturated heterocycles. The molecule has 6 heteroatoms. The SMILES string of the molecule is Cc1ccc(OCc2csc(C3CCCO3)n2)c(CO)n1.